The molecule has 0 saturated heterocycles. The van der Waals surface area contributed by atoms with Crippen LogP contribution in [-0.4, -0.2) is 24.7 Å². The number of carbonyl (C=O) groups excluding carboxylic acids is 1. The Hall–Kier alpha value is -3.51. The summed E-state index contributed by atoms with van der Waals surface area (Å²) in [4.78, 5) is 13.8. The Morgan fingerprint density at radius 3 is 2.21 bits per heavy atom. The van der Waals surface area contributed by atoms with Crippen molar-refractivity contribution in [1.82, 2.24) is 4.57 Å². The van der Waals surface area contributed by atoms with Crippen molar-refractivity contribution in [2.24, 2.45) is 0 Å². The van der Waals surface area contributed by atoms with Gasteiger partial charge in [-0.1, -0.05) is 30.3 Å². The van der Waals surface area contributed by atoms with E-state index in [4.69, 9.17) is 9.47 Å². The van der Waals surface area contributed by atoms with Crippen LogP contribution in [0.2, 0.25) is 0 Å². The molecular weight excluding hydrogens is 384 g/mol. The van der Waals surface area contributed by atoms with Gasteiger partial charge < -0.3 is 19.4 Å². The molecule has 0 saturated carbocycles. The van der Waals surface area contributed by atoms with Gasteiger partial charge in [0, 0.05) is 47.2 Å². The van der Waals surface area contributed by atoms with E-state index in [1.807, 2.05) is 64.8 Å². The van der Waals surface area contributed by atoms with E-state index in [0.29, 0.717) is 22.1 Å². The smallest absolute Gasteiger partial charge is 0.267 e. The maximum Gasteiger partial charge on any atom is 0.267 e. The average Bonchev–Trinajstić information content (AvgIpc) is 3.43. The van der Waals surface area contributed by atoms with Crippen LogP contribution in [0.3, 0.4) is 0 Å². The third kappa shape index (κ3) is 3.88. The van der Waals surface area contributed by atoms with Gasteiger partial charge in [0.1, 0.15) is 16.4 Å². The number of methoxy groups -OCH3 is 2. The SMILES string of the molecule is COc1cc(NC(=O)c2scc(-c3ccccc3)c2-n2cccc2)cc(OC)c1. The Morgan fingerprint density at radius 2 is 1.59 bits per heavy atom. The minimum atomic E-state index is -0.184. The molecule has 4 rings (SSSR count). The summed E-state index contributed by atoms with van der Waals surface area (Å²) in [5.41, 5.74) is 3.55. The molecule has 2 heterocycles. The van der Waals surface area contributed by atoms with Crippen LogP contribution in [-0.2, 0) is 0 Å². The van der Waals surface area contributed by atoms with Crippen molar-refractivity contribution < 1.29 is 14.3 Å². The number of nitrogens with zero attached hydrogens (tertiary/aromatic N) is 1. The molecule has 146 valence electrons. The number of anilines is 1. The molecule has 0 aliphatic rings. The lowest BCUT2D eigenvalue weighted by molar-refractivity contribution is 0.103. The minimum Gasteiger partial charge on any atom is -0.497 e. The Balaban J connectivity index is 1.74. The predicted octanol–water partition coefficient (Wildman–Crippen LogP) is 5.48. The van der Waals surface area contributed by atoms with Crippen molar-refractivity contribution in [3.05, 3.63) is 83.3 Å². The highest BCUT2D eigenvalue weighted by Crippen LogP contribution is 2.36. The molecule has 29 heavy (non-hydrogen) atoms. The van der Waals surface area contributed by atoms with Gasteiger partial charge in [-0.25, -0.2) is 0 Å². The Bertz CT molecular complexity index is 1100. The van der Waals surface area contributed by atoms with Crippen LogP contribution in [0.15, 0.2) is 78.4 Å². The van der Waals surface area contributed by atoms with E-state index in [0.717, 1.165) is 16.8 Å². The second-order valence-electron chi connectivity index (χ2n) is 6.34. The molecule has 4 aromatic rings. The van der Waals surface area contributed by atoms with Crippen molar-refractivity contribution in [2.45, 2.75) is 0 Å². The summed E-state index contributed by atoms with van der Waals surface area (Å²) in [5.74, 6) is 1.04. The molecule has 0 aliphatic carbocycles. The molecule has 2 aromatic heterocycles. The fraction of sp³-hybridized carbons (Fsp3) is 0.0870. The van der Waals surface area contributed by atoms with Crippen LogP contribution in [0.25, 0.3) is 16.8 Å². The zero-order valence-corrected chi connectivity index (χ0v) is 16.9. The second kappa shape index (κ2) is 8.24. The zero-order valence-electron chi connectivity index (χ0n) is 16.1. The van der Waals surface area contributed by atoms with Gasteiger partial charge in [-0.15, -0.1) is 11.3 Å². The minimum absolute atomic E-state index is 0.184. The number of carbonyl (C=O) groups is 1. The first kappa shape index (κ1) is 18.8. The van der Waals surface area contributed by atoms with Gasteiger partial charge in [0.25, 0.3) is 5.91 Å². The van der Waals surface area contributed by atoms with E-state index in [1.165, 1.54) is 11.3 Å². The summed E-state index contributed by atoms with van der Waals surface area (Å²) in [7, 11) is 3.16. The molecule has 5 nitrogen and oxygen atoms in total. The van der Waals surface area contributed by atoms with E-state index in [-0.39, 0.29) is 5.91 Å². The standard InChI is InChI=1S/C23H20N2O3S/c1-27-18-12-17(13-19(14-18)28-2)24-23(26)22-21(25-10-6-7-11-25)20(15-29-22)16-8-4-3-5-9-16/h3-15H,1-2H3,(H,24,26). The lowest BCUT2D eigenvalue weighted by Gasteiger charge is -2.12. The molecule has 0 aliphatic heterocycles. The maximum atomic E-state index is 13.2. The Kier molecular flexibility index (Phi) is 5.35. The summed E-state index contributed by atoms with van der Waals surface area (Å²) in [5, 5.41) is 4.99. The van der Waals surface area contributed by atoms with Crippen LogP contribution >= 0.6 is 11.3 Å². The van der Waals surface area contributed by atoms with Gasteiger partial charge in [-0.2, -0.15) is 0 Å². The summed E-state index contributed by atoms with van der Waals surface area (Å²) < 4.78 is 12.6. The zero-order chi connectivity index (χ0) is 20.2. The molecule has 0 atom stereocenters. The molecule has 0 radical (unpaired) electrons. The van der Waals surface area contributed by atoms with Crippen LogP contribution in [0.4, 0.5) is 5.69 Å². The third-order valence-electron chi connectivity index (χ3n) is 4.53. The largest absolute Gasteiger partial charge is 0.497 e. The van der Waals surface area contributed by atoms with Gasteiger partial charge in [-0.05, 0) is 17.7 Å². The van der Waals surface area contributed by atoms with Crippen LogP contribution in [0, 0.1) is 0 Å². The van der Waals surface area contributed by atoms with Gasteiger partial charge >= 0.3 is 0 Å². The number of hydrogen-bond donors (Lipinski definition) is 1. The first-order valence-electron chi connectivity index (χ1n) is 9.04. The topological polar surface area (TPSA) is 52.5 Å². The van der Waals surface area contributed by atoms with E-state index in [1.54, 1.807) is 32.4 Å². The van der Waals surface area contributed by atoms with Crippen molar-refractivity contribution in [1.29, 1.82) is 0 Å². The van der Waals surface area contributed by atoms with E-state index in [9.17, 15) is 4.79 Å². The van der Waals surface area contributed by atoms with Gasteiger partial charge in [-0.3, -0.25) is 4.79 Å². The van der Waals surface area contributed by atoms with E-state index >= 15 is 0 Å². The number of rotatable bonds is 6. The second-order valence-corrected chi connectivity index (χ2v) is 7.22. The molecule has 1 amide bonds. The molecule has 0 fully saturated rings. The molecule has 6 heteroatoms. The van der Waals surface area contributed by atoms with Crippen LogP contribution in [0.5, 0.6) is 11.5 Å². The predicted molar refractivity (Wildman–Crippen MR) is 117 cm³/mol. The highest BCUT2D eigenvalue weighted by molar-refractivity contribution is 7.13. The lowest BCUT2D eigenvalue weighted by Crippen LogP contribution is -2.13. The molecule has 0 unspecified atom stereocenters. The number of amides is 1. The third-order valence-corrected chi connectivity index (χ3v) is 5.50. The summed E-state index contributed by atoms with van der Waals surface area (Å²) in [6.07, 6.45) is 3.89. The molecule has 0 bridgehead atoms. The first-order valence-corrected chi connectivity index (χ1v) is 9.92. The highest BCUT2D eigenvalue weighted by atomic mass is 32.1. The fourth-order valence-corrected chi connectivity index (χ4v) is 4.11. The number of thiophene rings is 1. The molecule has 2 aromatic carbocycles. The normalized spacial score (nSPS) is 10.6. The summed E-state index contributed by atoms with van der Waals surface area (Å²) >= 11 is 1.42. The van der Waals surface area contributed by atoms with E-state index < -0.39 is 0 Å². The molecular formula is C23H20N2O3S. The number of nitrogens with one attached hydrogen (secondary N) is 1. The van der Waals surface area contributed by atoms with Crippen LogP contribution in [0.1, 0.15) is 9.67 Å². The number of ether oxygens (including phenoxy) is 2. The summed E-state index contributed by atoms with van der Waals surface area (Å²) in [6, 6.07) is 19.2. The van der Waals surface area contributed by atoms with Gasteiger partial charge in [0.15, 0.2) is 0 Å². The number of benzene rings is 2. The van der Waals surface area contributed by atoms with Gasteiger partial charge in [0.2, 0.25) is 0 Å². The highest BCUT2D eigenvalue weighted by Gasteiger charge is 2.21. The van der Waals surface area contributed by atoms with E-state index in [2.05, 4.69) is 5.32 Å². The first-order chi connectivity index (χ1) is 14.2. The maximum absolute atomic E-state index is 13.2. The van der Waals surface area contributed by atoms with Crippen molar-refractivity contribution >= 4 is 22.9 Å². The number of aromatic nitrogens is 1. The van der Waals surface area contributed by atoms with Crippen molar-refractivity contribution in [2.75, 3.05) is 19.5 Å². The quantitative estimate of drug-likeness (QED) is 0.463. The molecule has 1 N–H and O–H groups in total. The van der Waals surface area contributed by atoms with Gasteiger partial charge in [0.05, 0.1) is 19.9 Å². The van der Waals surface area contributed by atoms with Crippen molar-refractivity contribution in [3.8, 4) is 28.3 Å². The monoisotopic (exact) mass is 404 g/mol. The fourth-order valence-electron chi connectivity index (χ4n) is 3.14. The molecule has 0 spiro atoms. The number of hydrogen-bond acceptors (Lipinski definition) is 4. The lowest BCUT2D eigenvalue weighted by atomic mass is 10.1. The average molecular weight is 404 g/mol. The Labute approximate surface area is 173 Å². The van der Waals surface area contributed by atoms with Crippen molar-refractivity contribution in [3.63, 3.8) is 0 Å². The van der Waals surface area contributed by atoms with Crippen LogP contribution < -0.4 is 14.8 Å². The summed E-state index contributed by atoms with van der Waals surface area (Å²) in [6.45, 7) is 0. The Morgan fingerprint density at radius 1 is 0.931 bits per heavy atom.